The molecule has 6 nitrogen and oxygen atoms in total. The van der Waals surface area contributed by atoms with Crippen molar-refractivity contribution in [2.75, 3.05) is 6.61 Å². The van der Waals surface area contributed by atoms with Gasteiger partial charge in [0.15, 0.2) is 11.5 Å². The minimum atomic E-state index is -0.398. The number of nitrogens with zero attached hydrogens (tertiary/aromatic N) is 2. The Balaban J connectivity index is 1.57. The third kappa shape index (κ3) is 5.86. The monoisotopic (exact) mass is 630 g/mol. The van der Waals surface area contributed by atoms with Gasteiger partial charge in [-0.3, -0.25) is 14.5 Å². The molecule has 0 unspecified atom stereocenters. The molecule has 2 amide bonds. The number of rotatable bonds is 8. The van der Waals surface area contributed by atoms with E-state index in [-0.39, 0.29) is 18.4 Å². The number of thioether (sulfide) groups is 1. The standard InChI is InChI=1S/C27H20ClIN2O4S/c1-2-34-23-12-17(11-22(29)25(23)35-16-20-9-5-6-10-21(20)28)13-24-26(32)31(27(33)36-24)15-19-8-4-3-7-18(19)14-30/h3-13H,2,15-16H2,1H3/b24-13+. The molecule has 0 radical (unpaired) electrons. The number of hydrogen-bond donors (Lipinski definition) is 0. The average molecular weight is 631 g/mol. The summed E-state index contributed by atoms with van der Waals surface area (Å²) in [6, 6.07) is 20.1. The van der Waals surface area contributed by atoms with Gasteiger partial charge < -0.3 is 9.47 Å². The topological polar surface area (TPSA) is 79.6 Å². The highest BCUT2D eigenvalue weighted by molar-refractivity contribution is 14.1. The molecule has 9 heteroatoms. The van der Waals surface area contributed by atoms with Gasteiger partial charge in [-0.05, 0) is 82.7 Å². The molecule has 3 aromatic carbocycles. The van der Waals surface area contributed by atoms with E-state index in [1.165, 1.54) is 0 Å². The average Bonchev–Trinajstić information content (AvgIpc) is 3.12. The Bertz CT molecular complexity index is 1400. The molecule has 1 heterocycles. The van der Waals surface area contributed by atoms with Gasteiger partial charge in [0.25, 0.3) is 11.1 Å². The summed E-state index contributed by atoms with van der Waals surface area (Å²) in [5.41, 5.74) is 2.62. The first kappa shape index (κ1) is 26.1. The van der Waals surface area contributed by atoms with Crippen molar-refractivity contribution in [3.8, 4) is 17.6 Å². The summed E-state index contributed by atoms with van der Waals surface area (Å²) in [6.07, 6.45) is 1.67. The first-order valence-corrected chi connectivity index (χ1v) is 13.2. The summed E-state index contributed by atoms with van der Waals surface area (Å²) in [5.74, 6) is 0.713. The molecule has 1 saturated heterocycles. The highest BCUT2D eigenvalue weighted by Crippen LogP contribution is 2.38. The third-order valence-electron chi connectivity index (χ3n) is 5.30. The van der Waals surface area contributed by atoms with Gasteiger partial charge in [0.1, 0.15) is 6.61 Å². The molecule has 1 aliphatic rings. The largest absolute Gasteiger partial charge is 0.490 e. The predicted octanol–water partition coefficient (Wildman–Crippen LogP) is 7.03. The molecule has 1 fully saturated rings. The predicted molar refractivity (Wildman–Crippen MR) is 149 cm³/mol. The van der Waals surface area contributed by atoms with Crippen molar-refractivity contribution in [1.29, 1.82) is 5.26 Å². The molecular weight excluding hydrogens is 611 g/mol. The molecule has 0 N–H and O–H groups in total. The second-order valence-corrected chi connectivity index (χ2v) is 10.2. The molecule has 0 atom stereocenters. The fraction of sp³-hybridized carbons (Fsp3) is 0.148. The maximum absolute atomic E-state index is 13.0. The molecule has 1 aliphatic heterocycles. The van der Waals surface area contributed by atoms with Crippen LogP contribution in [0.4, 0.5) is 4.79 Å². The highest BCUT2D eigenvalue weighted by Gasteiger charge is 2.35. The molecule has 0 spiro atoms. The fourth-order valence-electron chi connectivity index (χ4n) is 3.56. The summed E-state index contributed by atoms with van der Waals surface area (Å²) in [4.78, 5) is 27.1. The van der Waals surface area contributed by atoms with Crippen LogP contribution in [0.3, 0.4) is 0 Å². The Morgan fingerprint density at radius 1 is 1.08 bits per heavy atom. The van der Waals surface area contributed by atoms with E-state index in [4.69, 9.17) is 21.1 Å². The van der Waals surface area contributed by atoms with Crippen LogP contribution in [-0.4, -0.2) is 22.7 Å². The molecule has 0 aliphatic carbocycles. The van der Waals surface area contributed by atoms with Crippen LogP contribution in [0.15, 0.2) is 65.6 Å². The van der Waals surface area contributed by atoms with Crippen LogP contribution in [0.5, 0.6) is 11.5 Å². The maximum atomic E-state index is 13.0. The van der Waals surface area contributed by atoms with Gasteiger partial charge in [0.2, 0.25) is 0 Å². The minimum absolute atomic E-state index is 0.0439. The van der Waals surface area contributed by atoms with Crippen LogP contribution < -0.4 is 9.47 Å². The maximum Gasteiger partial charge on any atom is 0.293 e. The van der Waals surface area contributed by atoms with Crippen molar-refractivity contribution in [3.05, 3.63) is 96.4 Å². The molecule has 182 valence electrons. The van der Waals surface area contributed by atoms with Crippen LogP contribution in [0.25, 0.3) is 6.08 Å². The second-order valence-electron chi connectivity index (χ2n) is 7.68. The van der Waals surface area contributed by atoms with Gasteiger partial charge in [-0.25, -0.2) is 0 Å². The quantitative estimate of drug-likeness (QED) is 0.196. The Morgan fingerprint density at radius 3 is 2.53 bits per heavy atom. The lowest BCUT2D eigenvalue weighted by Crippen LogP contribution is -2.27. The highest BCUT2D eigenvalue weighted by atomic mass is 127. The lowest BCUT2D eigenvalue weighted by Gasteiger charge is -2.15. The number of carbonyl (C=O) groups is 2. The smallest absolute Gasteiger partial charge is 0.293 e. The van der Waals surface area contributed by atoms with E-state index < -0.39 is 5.91 Å². The Kier molecular flexibility index (Phi) is 8.56. The molecule has 0 bridgehead atoms. The zero-order valence-corrected chi connectivity index (χ0v) is 22.9. The summed E-state index contributed by atoms with van der Waals surface area (Å²) in [7, 11) is 0. The lowest BCUT2D eigenvalue weighted by molar-refractivity contribution is -0.123. The van der Waals surface area contributed by atoms with E-state index in [1.54, 1.807) is 36.4 Å². The number of amides is 2. The zero-order valence-electron chi connectivity index (χ0n) is 19.2. The van der Waals surface area contributed by atoms with Gasteiger partial charge in [-0.1, -0.05) is 48.0 Å². The van der Waals surface area contributed by atoms with Gasteiger partial charge in [0, 0.05) is 10.6 Å². The van der Waals surface area contributed by atoms with Crippen LogP contribution in [0, 0.1) is 14.9 Å². The van der Waals surface area contributed by atoms with Crippen LogP contribution in [0.1, 0.15) is 29.2 Å². The van der Waals surface area contributed by atoms with Crippen molar-refractivity contribution < 1.29 is 19.1 Å². The first-order valence-electron chi connectivity index (χ1n) is 11.0. The van der Waals surface area contributed by atoms with E-state index in [9.17, 15) is 14.9 Å². The summed E-state index contributed by atoms with van der Waals surface area (Å²) < 4.78 is 12.7. The van der Waals surface area contributed by atoms with Gasteiger partial charge in [0.05, 0.1) is 33.3 Å². The zero-order chi connectivity index (χ0) is 25.7. The molecule has 4 rings (SSSR count). The van der Waals surface area contributed by atoms with Gasteiger partial charge in [-0.15, -0.1) is 0 Å². The number of hydrogen-bond acceptors (Lipinski definition) is 6. The number of halogens is 2. The molecule has 0 aromatic heterocycles. The summed E-state index contributed by atoms with van der Waals surface area (Å²) in [5, 5.41) is 9.57. The fourth-order valence-corrected chi connectivity index (χ4v) is 5.37. The SMILES string of the molecule is CCOc1cc(/C=C2/SC(=O)N(Cc3ccccc3C#N)C2=O)cc(I)c1OCc1ccccc1Cl. The van der Waals surface area contributed by atoms with E-state index in [0.29, 0.717) is 44.7 Å². The van der Waals surface area contributed by atoms with Crippen molar-refractivity contribution in [2.45, 2.75) is 20.1 Å². The minimum Gasteiger partial charge on any atom is -0.490 e. The number of ether oxygens (including phenoxy) is 2. The Labute approximate surface area is 232 Å². The summed E-state index contributed by atoms with van der Waals surface area (Å²) >= 11 is 9.29. The molecular formula is C27H20ClIN2O4S. The van der Waals surface area contributed by atoms with Crippen LogP contribution in [0.2, 0.25) is 5.02 Å². The van der Waals surface area contributed by atoms with E-state index in [1.807, 2.05) is 37.3 Å². The van der Waals surface area contributed by atoms with Gasteiger partial charge >= 0.3 is 0 Å². The van der Waals surface area contributed by atoms with Gasteiger partial charge in [-0.2, -0.15) is 5.26 Å². The second kappa shape index (κ2) is 11.8. The van der Waals surface area contributed by atoms with Crippen molar-refractivity contribution in [1.82, 2.24) is 4.90 Å². The molecule has 0 saturated carbocycles. The molecule has 36 heavy (non-hydrogen) atoms. The number of carbonyl (C=O) groups excluding carboxylic acids is 2. The van der Waals surface area contributed by atoms with Crippen molar-refractivity contribution >= 4 is 63.2 Å². The normalized spacial score (nSPS) is 14.3. The van der Waals surface area contributed by atoms with Crippen molar-refractivity contribution in [3.63, 3.8) is 0 Å². The number of imide groups is 1. The number of nitriles is 1. The van der Waals surface area contributed by atoms with E-state index in [0.717, 1.165) is 25.8 Å². The molecule has 3 aromatic rings. The Morgan fingerprint density at radius 2 is 1.81 bits per heavy atom. The van der Waals surface area contributed by atoms with E-state index in [2.05, 4.69) is 28.7 Å². The van der Waals surface area contributed by atoms with Crippen LogP contribution in [-0.2, 0) is 17.9 Å². The Hall–Kier alpha value is -3.00. The van der Waals surface area contributed by atoms with Crippen LogP contribution >= 0.6 is 46.0 Å². The summed E-state index contributed by atoms with van der Waals surface area (Å²) in [6.45, 7) is 2.62. The third-order valence-corrected chi connectivity index (χ3v) is 7.38. The first-order chi connectivity index (χ1) is 17.4. The lowest BCUT2D eigenvalue weighted by atomic mass is 10.1. The number of benzene rings is 3. The van der Waals surface area contributed by atoms with E-state index >= 15 is 0 Å². The van der Waals surface area contributed by atoms with Crippen molar-refractivity contribution in [2.24, 2.45) is 0 Å².